The zero-order valence-electron chi connectivity index (χ0n) is 15.8. The number of carbonyl (C=O) groups is 3. The molecule has 2 aliphatic rings. The number of hydrogen-bond donors (Lipinski definition) is 5. The standard InChI is InChI=1S/C15H16N8O5S3/c1-28-22-7(5-3-31-15(17)19-5)11(24)20-8-12(25)23-9(14(26)27)4(2-30-13(8)23)6(21-18)10(16)29/h3,8,13H,2,18H2,1H3,(H2,16,29)(H2,17,19)(H,20,24)(H,26,27)/b21-6?,22-7-/t8?,13-/m1/s1. The summed E-state index contributed by atoms with van der Waals surface area (Å²) in [6.07, 6.45) is 0. The van der Waals surface area contributed by atoms with Gasteiger partial charge in [0.2, 0.25) is 0 Å². The van der Waals surface area contributed by atoms with Crippen LogP contribution in [-0.4, -0.2) is 73.5 Å². The van der Waals surface area contributed by atoms with Gasteiger partial charge in [-0.2, -0.15) is 5.10 Å². The van der Waals surface area contributed by atoms with Crippen molar-refractivity contribution in [3.05, 3.63) is 22.3 Å². The molecule has 0 aliphatic carbocycles. The molecule has 1 saturated heterocycles. The number of hydrogen-bond acceptors (Lipinski definition) is 12. The molecule has 13 nitrogen and oxygen atoms in total. The average Bonchev–Trinajstić information content (AvgIpc) is 3.15. The highest BCUT2D eigenvalue weighted by molar-refractivity contribution is 8.00. The summed E-state index contributed by atoms with van der Waals surface area (Å²) in [6.45, 7) is 0. The Balaban J connectivity index is 1.86. The van der Waals surface area contributed by atoms with Crippen LogP contribution in [0.25, 0.3) is 0 Å². The van der Waals surface area contributed by atoms with Crippen LogP contribution in [0.1, 0.15) is 5.69 Å². The summed E-state index contributed by atoms with van der Waals surface area (Å²) in [5, 5.41) is 20.4. The number of amides is 2. The predicted molar refractivity (Wildman–Crippen MR) is 118 cm³/mol. The van der Waals surface area contributed by atoms with Crippen LogP contribution < -0.4 is 22.6 Å². The number of nitrogens with two attached hydrogens (primary N) is 3. The number of hydrazone groups is 1. The van der Waals surface area contributed by atoms with E-state index in [4.69, 9.17) is 34.4 Å². The van der Waals surface area contributed by atoms with Crippen molar-refractivity contribution < 1.29 is 24.3 Å². The van der Waals surface area contributed by atoms with E-state index in [0.29, 0.717) is 0 Å². The molecule has 0 bridgehead atoms. The summed E-state index contributed by atoms with van der Waals surface area (Å²) in [5.41, 5.74) is 10.9. The van der Waals surface area contributed by atoms with Crippen molar-refractivity contribution in [2.75, 3.05) is 18.6 Å². The number of fused-ring (bicyclic) bond motifs is 1. The number of nitrogens with one attached hydrogen (secondary N) is 1. The fraction of sp³-hybridized carbons (Fsp3) is 0.267. The van der Waals surface area contributed by atoms with Gasteiger partial charge in [0.05, 0.1) is 0 Å². The van der Waals surface area contributed by atoms with E-state index in [-0.39, 0.29) is 44.3 Å². The number of carboxylic acids is 1. The van der Waals surface area contributed by atoms with Crippen molar-refractivity contribution in [3.63, 3.8) is 0 Å². The molecule has 0 saturated carbocycles. The Bertz CT molecular complexity index is 1060. The Morgan fingerprint density at radius 1 is 1.45 bits per heavy atom. The molecule has 1 fully saturated rings. The number of carbonyl (C=O) groups excluding carboxylic acids is 2. The minimum absolute atomic E-state index is 0.0747. The number of oxime groups is 1. The maximum absolute atomic E-state index is 12.8. The number of anilines is 1. The lowest BCUT2D eigenvalue weighted by Gasteiger charge is -2.49. The van der Waals surface area contributed by atoms with E-state index in [1.165, 1.54) is 24.3 Å². The SMILES string of the molecule is CO/N=C(\C(=O)NC1C(=O)N2C(C(=O)O)=C(C(=NN)C(N)=S)CS[C@H]12)c1csc(N)n1. The smallest absolute Gasteiger partial charge is 0.353 e. The van der Waals surface area contributed by atoms with Gasteiger partial charge in [0.15, 0.2) is 10.8 Å². The molecule has 164 valence electrons. The number of carboxylic acid groups (broad SMARTS) is 1. The predicted octanol–water partition coefficient (Wildman–Crippen LogP) is -1.58. The summed E-state index contributed by atoms with van der Waals surface area (Å²) in [4.78, 5) is 46.9. The van der Waals surface area contributed by atoms with Crippen LogP contribution in [0.3, 0.4) is 0 Å². The largest absolute Gasteiger partial charge is 0.477 e. The molecule has 2 aliphatic heterocycles. The molecule has 3 heterocycles. The molecule has 1 aromatic rings. The molecule has 1 aromatic heterocycles. The lowest BCUT2D eigenvalue weighted by atomic mass is 10.0. The number of aromatic nitrogens is 1. The number of nitrogens with zero attached hydrogens (tertiary/aromatic N) is 4. The Morgan fingerprint density at radius 2 is 2.16 bits per heavy atom. The van der Waals surface area contributed by atoms with Crippen LogP contribution in [0.15, 0.2) is 26.9 Å². The summed E-state index contributed by atoms with van der Waals surface area (Å²) in [6, 6.07) is -1.01. The second kappa shape index (κ2) is 8.86. The van der Waals surface area contributed by atoms with E-state index in [2.05, 4.69) is 20.6 Å². The first-order valence-corrected chi connectivity index (χ1v) is 10.7. The lowest BCUT2D eigenvalue weighted by molar-refractivity contribution is -0.150. The number of thioether (sulfide) groups is 1. The van der Waals surface area contributed by atoms with Gasteiger partial charge in [-0.05, 0) is 0 Å². The van der Waals surface area contributed by atoms with Crippen molar-refractivity contribution in [2.24, 2.45) is 21.8 Å². The number of thiocarbonyl (C=S) groups is 1. The third-order valence-corrected chi connectivity index (χ3v) is 6.42. The first kappa shape index (κ1) is 22.4. The van der Waals surface area contributed by atoms with Crippen molar-refractivity contribution in [3.8, 4) is 0 Å². The van der Waals surface area contributed by atoms with Crippen LogP contribution >= 0.6 is 35.3 Å². The van der Waals surface area contributed by atoms with Crippen LogP contribution in [0, 0.1) is 0 Å². The summed E-state index contributed by atoms with van der Waals surface area (Å²) in [5.74, 6) is 2.65. The van der Waals surface area contributed by atoms with Crippen molar-refractivity contribution in [1.29, 1.82) is 0 Å². The van der Waals surface area contributed by atoms with Gasteiger partial charge >= 0.3 is 5.97 Å². The van der Waals surface area contributed by atoms with Gasteiger partial charge in [-0.15, -0.1) is 23.1 Å². The quantitative estimate of drug-likeness (QED) is 0.0978. The first-order valence-electron chi connectivity index (χ1n) is 8.33. The zero-order chi connectivity index (χ0) is 22.9. The maximum Gasteiger partial charge on any atom is 0.353 e. The van der Waals surface area contributed by atoms with E-state index in [1.807, 2.05) is 0 Å². The van der Waals surface area contributed by atoms with Gasteiger partial charge in [0, 0.05) is 16.7 Å². The minimum atomic E-state index is -1.38. The molecule has 8 N–H and O–H groups in total. The molecule has 0 aromatic carbocycles. The van der Waals surface area contributed by atoms with Gasteiger partial charge in [-0.1, -0.05) is 17.4 Å². The molecule has 3 rings (SSSR count). The highest BCUT2D eigenvalue weighted by atomic mass is 32.2. The van der Waals surface area contributed by atoms with Crippen LogP contribution in [0.4, 0.5) is 5.13 Å². The molecule has 31 heavy (non-hydrogen) atoms. The first-order chi connectivity index (χ1) is 14.7. The number of rotatable bonds is 7. The highest BCUT2D eigenvalue weighted by Crippen LogP contribution is 2.40. The molecular formula is C15H16N8O5S3. The monoisotopic (exact) mass is 484 g/mol. The Hall–Kier alpha value is -3.24. The zero-order valence-corrected chi connectivity index (χ0v) is 18.2. The minimum Gasteiger partial charge on any atom is -0.477 e. The second-order valence-electron chi connectivity index (χ2n) is 6.03. The summed E-state index contributed by atoms with van der Waals surface area (Å²) < 4.78 is 0. The normalized spacial score (nSPS) is 21.3. The lowest BCUT2D eigenvalue weighted by Crippen LogP contribution is -2.71. The fourth-order valence-corrected chi connectivity index (χ4v) is 5.06. The highest BCUT2D eigenvalue weighted by Gasteiger charge is 2.55. The molecular weight excluding hydrogens is 468 g/mol. The summed E-state index contributed by atoms with van der Waals surface area (Å²) in [7, 11) is 1.25. The fourth-order valence-electron chi connectivity index (χ4n) is 2.99. The van der Waals surface area contributed by atoms with Crippen LogP contribution in [0.5, 0.6) is 0 Å². The van der Waals surface area contributed by atoms with Gasteiger partial charge in [-0.25, -0.2) is 9.78 Å². The number of aliphatic carboxylic acids is 1. The van der Waals surface area contributed by atoms with E-state index in [1.54, 1.807) is 0 Å². The second-order valence-corrected chi connectivity index (χ2v) is 8.46. The Morgan fingerprint density at radius 3 is 2.68 bits per heavy atom. The molecule has 1 unspecified atom stereocenters. The number of β-lactam (4-membered cyclic amide) rings is 1. The van der Waals surface area contributed by atoms with Gasteiger partial charge in [0.1, 0.15) is 40.6 Å². The third kappa shape index (κ3) is 4.04. The third-order valence-electron chi connectivity index (χ3n) is 4.27. The van der Waals surface area contributed by atoms with Crippen LogP contribution in [-0.2, 0) is 19.2 Å². The molecule has 0 spiro atoms. The van der Waals surface area contributed by atoms with E-state index in [0.717, 1.165) is 16.2 Å². The maximum atomic E-state index is 12.8. The van der Waals surface area contributed by atoms with Crippen LogP contribution in [0.2, 0.25) is 0 Å². The van der Waals surface area contributed by atoms with Gasteiger partial charge in [-0.3, -0.25) is 14.5 Å². The molecule has 2 amide bonds. The molecule has 0 radical (unpaired) electrons. The Labute approximate surface area is 188 Å². The Kier molecular flexibility index (Phi) is 6.42. The molecule has 16 heteroatoms. The molecule has 2 atom stereocenters. The van der Waals surface area contributed by atoms with E-state index < -0.39 is 29.2 Å². The number of nitrogen functional groups attached to an aromatic ring is 1. The van der Waals surface area contributed by atoms with Crippen molar-refractivity contribution in [1.82, 2.24) is 15.2 Å². The van der Waals surface area contributed by atoms with Crippen molar-refractivity contribution in [2.45, 2.75) is 11.4 Å². The van der Waals surface area contributed by atoms with Gasteiger partial charge in [0.25, 0.3) is 11.8 Å². The number of thiazole rings is 1. The van der Waals surface area contributed by atoms with Crippen molar-refractivity contribution >= 4 is 74.6 Å². The van der Waals surface area contributed by atoms with E-state index >= 15 is 0 Å². The summed E-state index contributed by atoms with van der Waals surface area (Å²) >= 11 is 7.16. The van der Waals surface area contributed by atoms with E-state index in [9.17, 15) is 19.5 Å². The average molecular weight is 485 g/mol. The van der Waals surface area contributed by atoms with Gasteiger partial charge < -0.3 is 32.6 Å². The topological polar surface area (TPSA) is 212 Å².